The van der Waals surface area contributed by atoms with E-state index in [1.807, 2.05) is 31.3 Å². The number of nitrogens with one attached hydrogen (secondary N) is 1. The SMILES string of the molecule is CC1c2c[nH]c3cccc(c23)OC1C(=O)OS. The van der Waals surface area contributed by atoms with Crippen LogP contribution in [-0.4, -0.2) is 17.1 Å². The first kappa shape index (κ1) is 10.5. The number of H-pyrrole nitrogens is 1. The number of hydrogen-bond donors (Lipinski definition) is 2. The molecule has 1 aliphatic rings. The van der Waals surface area contributed by atoms with Crippen molar-refractivity contribution < 1.29 is 13.7 Å². The van der Waals surface area contributed by atoms with Crippen molar-refractivity contribution in [3.8, 4) is 5.75 Å². The molecule has 1 aliphatic heterocycles. The van der Waals surface area contributed by atoms with E-state index < -0.39 is 12.1 Å². The molecule has 0 saturated carbocycles. The van der Waals surface area contributed by atoms with E-state index in [4.69, 9.17) is 4.74 Å². The van der Waals surface area contributed by atoms with Crippen LogP contribution in [0.15, 0.2) is 24.4 Å². The van der Waals surface area contributed by atoms with Gasteiger partial charge in [-0.1, -0.05) is 13.0 Å². The van der Waals surface area contributed by atoms with Gasteiger partial charge in [-0.3, -0.25) is 0 Å². The maximum Gasteiger partial charge on any atom is 0.359 e. The van der Waals surface area contributed by atoms with Crippen molar-refractivity contribution in [1.82, 2.24) is 4.98 Å². The average Bonchev–Trinajstić information content (AvgIpc) is 2.78. The summed E-state index contributed by atoms with van der Waals surface area (Å²) in [5, 5.41) is 1.04. The number of carbonyl (C=O) groups is 1. The highest BCUT2D eigenvalue weighted by molar-refractivity contribution is 7.75. The van der Waals surface area contributed by atoms with Crippen molar-refractivity contribution in [2.45, 2.75) is 18.9 Å². The minimum atomic E-state index is -0.638. The van der Waals surface area contributed by atoms with E-state index in [9.17, 15) is 4.79 Å². The average molecular weight is 249 g/mol. The minimum absolute atomic E-state index is 0.0571. The second-order valence-corrected chi connectivity index (χ2v) is 4.34. The van der Waals surface area contributed by atoms with E-state index in [1.165, 1.54) is 0 Å². The molecule has 88 valence electrons. The lowest BCUT2D eigenvalue weighted by molar-refractivity contribution is -0.141. The summed E-state index contributed by atoms with van der Waals surface area (Å²) in [6.07, 6.45) is 1.28. The van der Waals surface area contributed by atoms with Crippen LogP contribution in [0.25, 0.3) is 10.9 Å². The van der Waals surface area contributed by atoms with Crippen molar-refractivity contribution in [1.29, 1.82) is 0 Å². The maximum atomic E-state index is 11.6. The number of aromatic amines is 1. The molecule has 2 heterocycles. The lowest BCUT2D eigenvalue weighted by Gasteiger charge is -2.27. The highest BCUT2D eigenvalue weighted by Gasteiger charge is 2.35. The van der Waals surface area contributed by atoms with Gasteiger partial charge >= 0.3 is 5.97 Å². The Bertz CT molecular complexity index is 592. The predicted octanol–water partition coefficient (Wildman–Crippen LogP) is 2.42. The van der Waals surface area contributed by atoms with E-state index >= 15 is 0 Å². The number of carbonyl (C=O) groups excluding carboxylic acids is 1. The van der Waals surface area contributed by atoms with Gasteiger partial charge in [0.1, 0.15) is 5.75 Å². The third-order valence-corrected chi connectivity index (χ3v) is 3.40. The zero-order chi connectivity index (χ0) is 12.0. The number of thiol groups is 1. The highest BCUT2D eigenvalue weighted by atomic mass is 32.1. The Morgan fingerprint density at radius 2 is 2.35 bits per heavy atom. The Labute approximate surface area is 104 Å². The number of ether oxygens (including phenoxy) is 1. The van der Waals surface area contributed by atoms with Gasteiger partial charge in [0, 0.05) is 35.9 Å². The maximum absolute atomic E-state index is 11.6. The van der Waals surface area contributed by atoms with Crippen LogP contribution in [-0.2, 0) is 8.98 Å². The smallest absolute Gasteiger partial charge is 0.359 e. The number of hydrogen-bond acceptors (Lipinski definition) is 4. The topological polar surface area (TPSA) is 51.3 Å². The summed E-state index contributed by atoms with van der Waals surface area (Å²) in [4.78, 5) is 14.8. The summed E-state index contributed by atoms with van der Waals surface area (Å²) < 4.78 is 10.2. The first-order valence-corrected chi connectivity index (χ1v) is 5.71. The van der Waals surface area contributed by atoms with Crippen molar-refractivity contribution >= 4 is 29.8 Å². The molecule has 1 aromatic carbocycles. The fourth-order valence-corrected chi connectivity index (χ4v) is 2.44. The summed E-state index contributed by atoms with van der Waals surface area (Å²) in [7, 11) is 0. The number of aromatic nitrogens is 1. The van der Waals surface area contributed by atoms with Crippen LogP contribution in [0.1, 0.15) is 18.4 Å². The molecule has 17 heavy (non-hydrogen) atoms. The van der Waals surface area contributed by atoms with Gasteiger partial charge in [0.05, 0.1) is 0 Å². The Kier molecular flexibility index (Phi) is 2.29. The van der Waals surface area contributed by atoms with Gasteiger partial charge in [-0.05, 0) is 17.7 Å². The van der Waals surface area contributed by atoms with E-state index in [0.29, 0.717) is 5.75 Å². The minimum Gasteiger partial charge on any atom is -0.477 e. The second-order valence-electron chi connectivity index (χ2n) is 4.16. The molecule has 0 bridgehead atoms. The zero-order valence-corrected chi connectivity index (χ0v) is 10.0. The van der Waals surface area contributed by atoms with Gasteiger partial charge in [-0.15, -0.1) is 0 Å². The zero-order valence-electron chi connectivity index (χ0n) is 9.14. The highest BCUT2D eigenvalue weighted by Crippen LogP contribution is 2.40. The largest absolute Gasteiger partial charge is 0.477 e. The summed E-state index contributed by atoms with van der Waals surface area (Å²) in [6, 6.07) is 5.72. The fraction of sp³-hybridized carbons (Fsp3) is 0.250. The third kappa shape index (κ3) is 1.42. The monoisotopic (exact) mass is 249 g/mol. The van der Waals surface area contributed by atoms with E-state index in [2.05, 4.69) is 22.1 Å². The van der Waals surface area contributed by atoms with Crippen molar-refractivity contribution in [3.05, 3.63) is 30.0 Å². The molecule has 4 nitrogen and oxygen atoms in total. The molecule has 3 rings (SSSR count). The van der Waals surface area contributed by atoms with Crippen LogP contribution < -0.4 is 4.74 Å². The van der Waals surface area contributed by atoms with Gasteiger partial charge in [-0.25, -0.2) is 4.79 Å². The van der Waals surface area contributed by atoms with Gasteiger partial charge in [0.15, 0.2) is 0 Å². The molecule has 1 N–H and O–H groups in total. The van der Waals surface area contributed by atoms with Crippen molar-refractivity contribution in [2.24, 2.45) is 0 Å². The Morgan fingerprint density at radius 1 is 1.53 bits per heavy atom. The molecule has 1 aromatic heterocycles. The normalized spacial score (nSPS) is 22.2. The Morgan fingerprint density at radius 3 is 3.12 bits per heavy atom. The number of rotatable bonds is 1. The standard InChI is InChI=1S/C12H11NO3S/c1-6-7-5-13-8-3-2-4-9(10(7)8)15-11(6)12(14)16-17/h2-6,11,13,17H,1H3. The van der Waals surface area contributed by atoms with E-state index in [1.54, 1.807) is 0 Å². The molecule has 0 amide bonds. The van der Waals surface area contributed by atoms with Crippen LogP contribution in [0.3, 0.4) is 0 Å². The van der Waals surface area contributed by atoms with Gasteiger partial charge in [-0.2, -0.15) is 0 Å². The molecule has 2 atom stereocenters. The predicted molar refractivity (Wildman–Crippen MR) is 66.2 cm³/mol. The lowest BCUT2D eigenvalue weighted by Crippen LogP contribution is -2.34. The molecule has 0 fully saturated rings. The van der Waals surface area contributed by atoms with Gasteiger partial charge < -0.3 is 13.9 Å². The van der Waals surface area contributed by atoms with Crippen LogP contribution >= 0.6 is 12.9 Å². The molecule has 5 heteroatoms. The molecule has 0 aliphatic carbocycles. The second kappa shape index (κ2) is 3.70. The third-order valence-electron chi connectivity index (χ3n) is 3.22. The van der Waals surface area contributed by atoms with E-state index in [0.717, 1.165) is 16.5 Å². The quantitative estimate of drug-likeness (QED) is 0.603. The molecule has 0 saturated heterocycles. The molecular formula is C12H11NO3S. The Balaban J connectivity index is 2.16. The molecular weight excluding hydrogens is 238 g/mol. The van der Waals surface area contributed by atoms with E-state index in [-0.39, 0.29) is 5.92 Å². The summed E-state index contributed by atoms with van der Waals surface area (Å²) in [5.74, 6) is 0.184. The molecule has 2 unspecified atom stereocenters. The molecule has 0 radical (unpaired) electrons. The summed E-state index contributed by atoms with van der Waals surface area (Å²) >= 11 is 3.54. The lowest BCUT2D eigenvalue weighted by atomic mass is 9.92. The van der Waals surface area contributed by atoms with Crippen molar-refractivity contribution in [3.63, 3.8) is 0 Å². The van der Waals surface area contributed by atoms with Crippen LogP contribution in [0.4, 0.5) is 0 Å². The summed E-state index contributed by atoms with van der Waals surface area (Å²) in [6.45, 7) is 1.94. The van der Waals surface area contributed by atoms with Crippen LogP contribution in [0, 0.1) is 0 Å². The van der Waals surface area contributed by atoms with Gasteiger partial charge in [0.2, 0.25) is 6.10 Å². The number of benzene rings is 1. The molecule has 0 spiro atoms. The first-order valence-electron chi connectivity index (χ1n) is 5.34. The van der Waals surface area contributed by atoms with Gasteiger partial charge in [0.25, 0.3) is 0 Å². The molecule has 2 aromatic rings. The first-order chi connectivity index (χ1) is 8.22. The van der Waals surface area contributed by atoms with Crippen molar-refractivity contribution in [2.75, 3.05) is 0 Å². The summed E-state index contributed by atoms with van der Waals surface area (Å²) in [5.41, 5.74) is 2.09. The Hall–Kier alpha value is -1.62. The van der Waals surface area contributed by atoms with Crippen LogP contribution in [0.5, 0.6) is 5.75 Å². The van der Waals surface area contributed by atoms with Crippen LogP contribution in [0.2, 0.25) is 0 Å². The fourth-order valence-electron chi connectivity index (χ4n) is 2.34.